The van der Waals surface area contributed by atoms with E-state index in [1.807, 2.05) is 0 Å². The van der Waals surface area contributed by atoms with Crippen LogP contribution in [0.2, 0.25) is 13.1 Å². The van der Waals surface area contributed by atoms with Gasteiger partial charge in [-0.3, -0.25) is 0 Å². The molecule has 1 aliphatic rings. The van der Waals surface area contributed by atoms with Crippen molar-refractivity contribution in [2.75, 3.05) is 0 Å². The Morgan fingerprint density at radius 2 is 1.15 bits per heavy atom. The summed E-state index contributed by atoms with van der Waals surface area (Å²) in [7, 11) is 11.2. The molecule has 0 atom stereocenters. The second-order valence-electron chi connectivity index (χ2n) is 9.40. The van der Waals surface area contributed by atoms with Gasteiger partial charge >= 0.3 is 52.4 Å². The van der Waals surface area contributed by atoms with Gasteiger partial charge in [-0.2, -0.15) is 0 Å². The zero-order valence-corrected chi connectivity index (χ0v) is 24.8. The second kappa shape index (κ2) is 16.9. The third-order valence-corrected chi connectivity index (χ3v) is 20.0. The molecule has 0 spiro atoms. The molecule has 2 nitrogen and oxygen atoms in total. The van der Waals surface area contributed by atoms with Crippen LogP contribution >= 0.6 is 18.6 Å². The number of halogens is 2. The second-order valence-corrected chi connectivity index (χ2v) is 25.5. The van der Waals surface area contributed by atoms with Crippen molar-refractivity contribution in [2.24, 2.45) is 5.92 Å². The Balaban J connectivity index is 0.000000196. The van der Waals surface area contributed by atoms with Crippen molar-refractivity contribution < 1.29 is 19.3 Å². The van der Waals surface area contributed by atoms with Crippen molar-refractivity contribution in [3.63, 3.8) is 0 Å². The third kappa shape index (κ3) is 10.9. The summed E-state index contributed by atoms with van der Waals surface area (Å²) < 4.78 is 0. The summed E-state index contributed by atoms with van der Waals surface area (Å²) in [5, 5.41) is 5.39. The van der Waals surface area contributed by atoms with Crippen LogP contribution in [0.15, 0.2) is 54.6 Å². The van der Waals surface area contributed by atoms with E-state index in [4.69, 9.17) is 24.3 Å². The van der Waals surface area contributed by atoms with Crippen molar-refractivity contribution in [1.29, 1.82) is 0 Å². The van der Waals surface area contributed by atoms with Gasteiger partial charge in [-0.25, -0.2) is 0 Å². The molecule has 186 valence electrons. The van der Waals surface area contributed by atoms with E-state index in [0.29, 0.717) is 0 Å². The Kier molecular flexibility index (Phi) is 14.6. The van der Waals surface area contributed by atoms with Gasteiger partial charge in [-0.15, -0.1) is 39.7 Å². The Hall–Kier alpha value is -0.709. The Labute approximate surface area is 220 Å². The fourth-order valence-electron chi connectivity index (χ4n) is 4.33. The minimum absolute atomic E-state index is 0.0458. The first-order chi connectivity index (χ1) is 16.4. The van der Waals surface area contributed by atoms with E-state index in [1.165, 1.54) is 66.5 Å². The van der Waals surface area contributed by atoms with Gasteiger partial charge < -0.3 is 10.5 Å². The van der Waals surface area contributed by atoms with Crippen molar-refractivity contribution in [3.8, 4) is 0 Å². The molecule has 1 aliphatic carbocycles. The maximum absolute atomic E-state index is 11.1. The molecule has 6 heteroatoms. The van der Waals surface area contributed by atoms with Crippen LogP contribution in [0.3, 0.4) is 0 Å². The predicted octanol–water partition coefficient (Wildman–Crippen LogP) is 10.4. The number of benzene rings is 2. The predicted molar refractivity (Wildman–Crippen MR) is 150 cm³/mol. The van der Waals surface area contributed by atoms with E-state index in [2.05, 4.69) is 67.7 Å². The molecule has 0 bridgehead atoms. The number of amides is 1. The number of nitrogens with one attached hydrogen (secondary N) is 1. The standard InChI is InChI=1S/C13H25NO.C13H9.C2H6Si.2ClH.Ti/c14-13(15)12-10-8-6-4-2-1-3-5-7-9-11-12;1-3-7-12-10(5-1)9-11-6-2-4-8-13(11)12;1-3-2;;;/h12H,1-11H2,(H2,14,15);1-9H;1-2H3;2*1H;/q;-1;;;;+2/p-3. The van der Waals surface area contributed by atoms with Crippen LogP contribution in [-0.4, -0.2) is 12.1 Å². The summed E-state index contributed by atoms with van der Waals surface area (Å²) in [6.45, 7) is 4.31. The van der Waals surface area contributed by atoms with Crippen molar-refractivity contribution in [2.45, 2.75) is 83.7 Å². The normalized spacial score (nSPS) is 15.6. The Morgan fingerprint density at radius 3 is 1.50 bits per heavy atom. The van der Waals surface area contributed by atoms with Crippen molar-refractivity contribution in [3.05, 3.63) is 60.3 Å². The van der Waals surface area contributed by atoms with Crippen LogP contribution in [-0.2, 0) is 19.3 Å². The number of hydrogen-bond acceptors (Lipinski definition) is 1. The van der Waals surface area contributed by atoms with Crippen LogP contribution in [0, 0.1) is 5.92 Å². The maximum Gasteiger partial charge on any atom is 0.0519 e. The minimum atomic E-state index is -1.42. The Bertz CT molecular complexity index is 969. The number of carbonyl (C=O) groups excluding carboxylic acids is 1. The summed E-state index contributed by atoms with van der Waals surface area (Å²) in [5.74, 6) is -0.281. The van der Waals surface area contributed by atoms with Crippen LogP contribution in [0.1, 0.15) is 70.6 Å². The molecule has 1 N–H and O–H groups in total. The number of fused-ring (bicyclic) bond motifs is 3. The largest absolute Gasteiger partial charge is 0.668 e. The molecule has 0 aromatic heterocycles. The minimum Gasteiger partial charge on any atom is -0.668 e. The van der Waals surface area contributed by atoms with Gasteiger partial charge in [0.05, 0.1) is 5.91 Å². The van der Waals surface area contributed by atoms with Gasteiger partial charge in [-0.05, 0) is 12.8 Å². The van der Waals surface area contributed by atoms with Gasteiger partial charge in [0, 0.05) is 5.92 Å². The number of rotatable bonds is 1. The molecular weight excluding hydrogens is 513 g/mol. The molecule has 0 aliphatic heterocycles. The van der Waals surface area contributed by atoms with Gasteiger partial charge in [-0.1, -0.05) is 94.2 Å². The van der Waals surface area contributed by atoms with Crippen LogP contribution in [0.25, 0.3) is 27.3 Å². The first kappa shape index (κ1) is 29.5. The van der Waals surface area contributed by atoms with Gasteiger partial charge in [0.15, 0.2) is 0 Å². The third-order valence-electron chi connectivity index (χ3n) is 6.38. The van der Waals surface area contributed by atoms with E-state index in [1.54, 1.807) is 0 Å². The molecule has 3 aromatic carbocycles. The SMILES string of the molecule is C[Si](C)=[Ti]([Cl])[Cl].[NH-]C(=O)C1CCCCCCCCCCC1.c1ccc2c(c1)[cH-]c1ccccc12. The van der Waals surface area contributed by atoms with E-state index in [0.717, 1.165) is 25.7 Å². The number of carbonyl (C=O) groups is 1. The molecule has 0 unspecified atom stereocenters. The van der Waals surface area contributed by atoms with E-state index < -0.39 is 14.5 Å². The van der Waals surface area contributed by atoms with E-state index in [9.17, 15) is 4.79 Å². The molecule has 0 saturated heterocycles. The molecule has 1 fully saturated rings. The van der Waals surface area contributed by atoms with E-state index >= 15 is 0 Å². The van der Waals surface area contributed by atoms with Gasteiger partial charge in [0.1, 0.15) is 0 Å². The summed E-state index contributed by atoms with van der Waals surface area (Å²) in [6, 6.07) is 19.3. The molecule has 0 heterocycles. The smallest absolute Gasteiger partial charge is 0.0519 e. The van der Waals surface area contributed by atoms with Gasteiger partial charge in [0.25, 0.3) is 0 Å². The summed E-state index contributed by atoms with van der Waals surface area (Å²) in [6.07, 6.45) is 13.2. The van der Waals surface area contributed by atoms with Gasteiger partial charge in [0.2, 0.25) is 0 Å². The summed E-state index contributed by atoms with van der Waals surface area (Å²) in [4.78, 5) is 11.1. The van der Waals surface area contributed by atoms with E-state index in [-0.39, 0.29) is 18.0 Å². The zero-order chi connectivity index (χ0) is 24.8. The quantitative estimate of drug-likeness (QED) is 0.219. The maximum atomic E-state index is 11.1. The van der Waals surface area contributed by atoms with Crippen LogP contribution in [0.5, 0.6) is 0 Å². The Morgan fingerprint density at radius 1 is 0.794 bits per heavy atom. The zero-order valence-electron chi connectivity index (χ0n) is 20.7. The summed E-state index contributed by atoms with van der Waals surface area (Å²) in [5.41, 5.74) is 7.23. The molecule has 3 aromatic rings. The number of hydrogen-bond donors (Lipinski definition) is 0. The fourth-order valence-corrected chi connectivity index (χ4v) is 4.33. The van der Waals surface area contributed by atoms with Crippen molar-refractivity contribution in [1.82, 2.24) is 0 Å². The molecule has 4 rings (SSSR count). The fraction of sp³-hybridized carbons (Fsp3) is 0.500. The molecule has 0 radical (unpaired) electrons. The first-order valence-electron chi connectivity index (χ1n) is 12.7. The first-order valence-corrected chi connectivity index (χ1v) is 21.8. The monoisotopic (exact) mass is 551 g/mol. The molecule has 1 saturated carbocycles. The van der Waals surface area contributed by atoms with Crippen LogP contribution in [0.4, 0.5) is 0 Å². The molecular formula is C28H39Cl2NOSiTi-2. The van der Waals surface area contributed by atoms with Crippen molar-refractivity contribution >= 4 is 52.2 Å². The average molecular weight is 552 g/mol. The molecule has 1 amide bonds. The van der Waals surface area contributed by atoms with Crippen LogP contribution < -0.4 is 0 Å². The average Bonchev–Trinajstić information content (AvgIpc) is 3.19. The topological polar surface area (TPSA) is 40.9 Å². The summed E-state index contributed by atoms with van der Waals surface area (Å²) >= 11 is -1.42. The molecule has 34 heavy (non-hydrogen) atoms.